The number of aromatic nitrogens is 2. The van der Waals surface area contributed by atoms with Crippen LogP contribution in [0.2, 0.25) is 0 Å². The Morgan fingerprint density at radius 2 is 1.51 bits per heavy atom. The molecule has 5 nitrogen and oxygen atoms in total. The molecule has 0 unspecified atom stereocenters. The summed E-state index contributed by atoms with van der Waals surface area (Å²) in [4.78, 5) is 9.80. The van der Waals surface area contributed by atoms with Crippen molar-refractivity contribution in [2.75, 3.05) is 24.0 Å². The minimum absolute atomic E-state index is 0.0609. The molecule has 0 aliphatic rings. The smallest absolute Gasteiger partial charge is 0.136 e. The number of benzene rings is 3. The maximum absolute atomic E-state index is 7.00. The molecule has 0 radical (unpaired) electrons. The van der Waals surface area contributed by atoms with Crippen LogP contribution in [-0.2, 0) is 6.54 Å². The molecule has 0 saturated carbocycles. The van der Waals surface area contributed by atoms with Gasteiger partial charge in [0.2, 0.25) is 0 Å². The van der Waals surface area contributed by atoms with Crippen LogP contribution in [0.1, 0.15) is 26.3 Å². The molecule has 0 amide bonds. The van der Waals surface area contributed by atoms with Crippen LogP contribution in [0.4, 0.5) is 11.5 Å². The lowest BCUT2D eigenvalue weighted by Crippen LogP contribution is -2.26. The summed E-state index contributed by atoms with van der Waals surface area (Å²) in [6.45, 7) is 7.17. The fourth-order valence-corrected chi connectivity index (χ4v) is 5.23. The molecule has 39 heavy (non-hydrogen) atoms. The Morgan fingerprint density at radius 3 is 2.18 bits per heavy atom. The van der Waals surface area contributed by atoms with Crippen LogP contribution in [0.5, 0.6) is 0 Å². The minimum atomic E-state index is -0.0609. The number of nitrogens with one attached hydrogen (secondary N) is 2. The van der Waals surface area contributed by atoms with Gasteiger partial charge in [0, 0.05) is 48.1 Å². The predicted octanol–water partition coefficient (Wildman–Crippen LogP) is 8.12. The zero-order valence-electron chi connectivity index (χ0n) is 23.2. The van der Waals surface area contributed by atoms with Crippen LogP contribution in [0.15, 0.2) is 102 Å². The van der Waals surface area contributed by atoms with Crippen molar-refractivity contribution >= 4 is 34.0 Å². The van der Waals surface area contributed by atoms with Gasteiger partial charge in [0.25, 0.3) is 0 Å². The van der Waals surface area contributed by atoms with E-state index in [0.717, 1.165) is 51.1 Å². The Bertz CT molecular complexity index is 1520. The summed E-state index contributed by atoms with van der Waals surface area (Å²) < 4.78 is 0. The van der Waals surface area contributed by atoms with Crippen LogP contribution in [-0.4, -0.2) is 34.0 Å². The molecule has 0 spiro atoms. The van der Waals surface area contributed by atoms with Crippen LogP contribution in [0.25, 0.3) is 33.0 Å². The molecule has 3 N–H and O–H groups in total. The molecule has 5 rings (SSSR count). The molecule has 3 aromatic carbocycles. The third-order valence-electron chi connectivity index (χ3n) is 6.12. The van der Waals surface area contributed by atoms with E-state index in [1.165, 1.54) is 11.1 Å². The van der Waals surface area contributed by atoms with E-state index in [9.17, 15) is 0 Å². The molecule has 2 aromatic heterocycles. The van der Waals surface area contributed by atoms with Gasteiger partial charge in [0.15, 0.2) is 0 Å². The zero-order chi connectivity index (χ0) is 27.8. The lowest BCUT2D eigenvalue weighted by molar-refractivity contribution is 0.399. The number of rotatable bonds is 7. The second-order valence-corrected chi connectivity index (χ2v) is 10.9. The predicted molar refractivity (Wildman–Crippen MR) is 167 cm³/mol. The standard InChI is InChI=1S/C32H32N4S.CH4O/c1-32(2,3)36-25-18-24(20-33-21-25)28-27-17-11-16-26(23-14-9-6-10-15-23)29(27)30(35-31(28)37-4)34-19-22-12-7-5-8-13-22;1-2/h5-18,20-21,36H,19H2,1-4H3,(H,34,35);2H,1H3. The highest BCUT2D eigenvalue weighted by Gasteiger charge is 2.19. The van der Waals surface area contributed by atoms with Crippen molar-refractivity contribution in [2.24, 2.45) is 0 Å². The lowest BCUT2D eigenvalue weighted by Gasteiger charge is -2.23. The summed E-state index contributed by atoms with van der Waals surface area (Å²) in [5, 5.41) is 17.5. The first kappa shape index (κ1) is 28.1. The third-order valence-corrected chi connectivity index (χ3v) is 6.81. The fourth-order valence-electron chi connectivity index (χ4n) is 4.62. The van der Waals surface area contributed by atoms with Gasteiger partial charge in [-0.05, 0) is 55.2 Å². The van der Waals surface area contributed by atoms with E-state index in [1.54, 1.807) is 11.8 Å². The van der Waals surface area contributed by atoms with Gasteiger partial charge in [-0.1, -0.05) is 78.9 Å². The SMILES string of the molecule is CO.CSc1nc(NCc2ccccc2)c2c(-c3ccccc3)cccc2c1-c1cncc(NC(C)(C)C)c1. The summed E-state index contributed by atoms with van der Waals surface area (Å²) in [5.74, 6) is 0.892. The molecular weight excluding hydrogens is 500 g/mol. The van der Waals surface area contributed by atoms with E-state index in [2.05, 4.69) is 122 Å². The fraction of sp³-hybridized carbons (Fsp3) is 0.212. The first-order valence-corrected chi connectivity index (χ1v) is 14.2. The zero-order valence-corrected chi connectivity index (χ0v) is 24.0. The van der Waals surface area contributed by atoms with Gasteiger partial charge in [-0.15, -0.1) is 11.8 Å². The molecule has 2 heterocycles. The first-order chi connectivity index (χ1) is 18.9. The second-order valence-electron chi connectivity index (χ2n) is 10.1. The average Bonchev–Trinajstić information content (AvgIpc) is 2.96. The van der Waals surface area contributed by atoms with E-state index in [4.69, 9.17) is 10.1 Å². The Balaban J connectivity index is 0.00000172. The van der Waals surface area contributed by atoms with Crippen molar-refractivity contribution in [2.45, 2.75) is 37.9 Å². The summed E-state index contributed by atoms with van der Waals surface area (Å²) >= 11 is 1.66. The van der Waals surface area contributed by atoms with Crippen LogP contribution in [0.3, 0.4) is 0 Å². The van der Waals surface area contributed by atoms with E-state index >= 15 is 0 Å². The molecule has 0 bridgehead atoms. The molecule has 0 aliphatic heterocycles. The third kappa shape index (κ3) is 6.77. The Labute approximate surface area is 235 Å². The summed E-state index contributed by atoms with van der Waals surface area (Å²) in [7, 11) is 1.00. The minimum Gasteiger partial charge on any atom is -0.400 e. The number of fused-ring (bicyclic) bond motifs is 1. The van der Waals surface area contributed by atoms with Gasteiger partial charge in [-0.25, -0.2) is 4.98 Å². The van der Waals surface area contributed by atoms with Gasteiger partial charge in [-0.2, -0.15) is 0 Å². The molecule has 0 aliphatic carbocycles. The number of aliphatic hydroxyl groups is 1. The normalized spacial score (nSPS) is 11.0. The molecule has 0 saturated heterocycles. The number of anilines is 2. The van der Waals surface area contributed by atoms with Crippen molar-refractivity contribution in [3.05, 3.63) is 103 Å². The van der Waals surface area contributed by atoms with Gasteiger partial charge >= 0.3 is 0 Å². The number of aliphatic hydroxyl groups excluding tert-OH is 1. The number of thioether (sulfide) groups is 1. The number of hydrogen-bond donors (Lipinski definition) is 3. The van der Waals surface area contributed by atoms with Crippen molar-refractivity contribution in [3.63, 3.8) is 0 Å². The van der Waals surface area contributed by atoms with Crippen LogP contribution >= 0.6 is 11.8 Å². The van der Waals surface area contributed by atoms with E-state index in [0.29, 0.717) is 6.54 Å². The highest BCUT2D eigenvalue weighted by molar-refractivity contribution is 7.98. The second kappa shape index (κ2) is 12.8. The molecule has 5 aromatic rings. The first-order valence-electron chi connectivity index (χ1n) is 13.0. The lowest BCUT2D eigenvalue weighted by atomic mass is 9.94. The largest absolute Gasteiger partial charge is 0.400 e. The van der Waals surface area contributed by atoms with Crippen molar-refractivity contribution in [1.29, 1.82) is 0 Å². The van der Waals surface area contributed by atoms with Crippen molar-refractivity contribution < 1.29 is 5.11 Å². The number of nitrogens with zero attached hydrogens (tertiary/aromatic N) is 2. The van der Waals surface area contributed by atoms with Crippen LogP contribution in [0, 0.1) is 0 Å². The average molecular weight is 537 g/mol. The van der Waals surface area contributed by atoms with Gasteiger partial charge in [0.05, 0.1) is 5.69 Å². The topological polar surface area (TPSA) is 70.1 Å². The number of pyridine rings is 2. The molecule has 0 atom stereocenters. The van der Waals surface area contributed by atoms with E-state index in [1.807, 2.05) is 18.5 Å². The Hall–Kier alpha value is -3.87. The summed E-state index contributed by atoms with van der Waals surface area (Å²) in [5.41, 5.74) is 6.64. The maximum Gasteiger partial charge on any atom is 0.136 e. The summed E-state index contributed by atoms with van der Waals surface area (Å²) in [6.07, 6.45) is 5.91. The monoisotopic (exact) mass is 536 g/mol. The van der Waals surface area contributed by atoms with Crippen molar-refractivity contribution in [1.82, 2.24) is 9.97 Å². The van der Waals surface area contributed by atoms with Gasteiger partial charge < -0.3 is 15.7 Å². The van der Waals surface area contributed by atoms with Gasteiger partial charge in [0.1, 0.15) is 10.8 Å². The molecule has 6 heteroatoms. The van der Waals surface area contributed by atoms with E-state index < -0.39 is 0 Å². The highest BCUT2D eigenvalue weighted by Crippen LogP contribution is 2.43. The van der Waals surface area contributed by atoms with E-state index in [-0.39, 0.29) is 5.54 Å². The molecule has 0 fully saturated rings. The Morgan fingerprint density at radius 1 is 0.821 bits per heavy atom. The Kier molecular flexibility index (Phi) is 9.23. The quantitative estimate of drug-likeness (QED) is 0.183. The molecular formula is C33H36N4OS. The van der Waals surface area contributed by atoms with Crippen LogP contribution < -0.4 is 10.6 Å². The van der Waals surface area contributed by atoms with Gasteiger partial charge in [-0.3, -0.25) is 4.98 Å². The molecule has 200 valence electrons. The van der Waals surface area contributed by atoms with Crippen molar-refractivity contribution in [3.8, 4) is 22.3 Å². The maximum atomic E-state index is 7.00. The number of hydrogen-bond acceptors (Lipinski definition) is 6. The highest BCUT2D eigenvalue weighted by atomic mass is 32.2. The summed E-state index contributed by atoms with van der Waals surface area (Å²) in [6, 6.07) is 29.7.